The predicted octanol–water partition coefficient (Wildman–Crippen LogP) is -0.0223. The van der Waals surface area contributed by atoms with Crippen molar-refractivity contribution in [3.8, 4) is 0 Å². The third-order valence-corrected chi connectivity index (χ3v) is 3.50. The van der Waals surface area contributed by atoms with Crippen molar-refractivity contribution in [2.45, 2.75) is 26.1 Å². The van der Waals surface area contributed by atoms with Gasteiger partial charge in [0.15, 0.2) is 0 Å². The Kier molecular flexibility index (Phi) is 4.15. The van der Waals surface area contributed by atoms with Crippen molar-refractivity contribution in [2.75, 3.05) is 33.2 Å². The minimum absolute atomic E-state index is 0.634. The first-order chi connectivity index (χ1) is 8.19. The van der Waals surface area contributed by atoms with Gasteiger partial charge >= 0.3 is 0 Å². The first-order valence-corrected chi connectivity index (χ1v) is 6.32. The van der Waals surface area contributed by atoms with Gasteiger partial charge in [0.25, 0.3) is 0 Å². The van der Waals surface area contributed by atoms with Crippen molar-refractivity contribution in [2.24, 2.45) is 5.73 Å². The first kappa shape index (κ1) is 12.5. The summed E-state index contributed by atoms with van der Waals surface area (Å²) in [6, 6.07) is 0.634. The summed E-state index contributed by atoms with van der Waals surface area (Å²) in [6.07, 6.45) is 3.98. The number of hydrogen-bond donors (Lipinski definition) is 1. The highest BCUT2D eigenvalue weighted by molar-refractivity contribution is 4.97. The van der Waals surface area contributed by atoms with Gasteiger partial charge < -0.3 is 15.2 Å². The van der Waals surface area contributed by atoms with Gasteiger partial charge in [-0.15, -0.1) is 0 Å². The Balaban J connectivity index is 1.87. The van der Waals surface area contributed by atoms with E-state index in [2.05, 4.69) is 39.5 Å². The summed E-state index contributed by atoms with van der Waals surface area (Å²) in [5, 5.41) is 0. The van der Waals surface area contributed by atoms with Crippen LogP contribution in [-0.2, 0) is 13.1 Å². The van der Waals surface area contributed by atoms with Crippen LogP contribution < -0.4 is 5.73 Å². The van der Waals surface area contributed by atoms with E-state index in [-0.39, 0.29) is 0 Å². The molecule has 1 aromatic rings. The molecule has 0 amide bonds. The third kappa shape index (κ3) is 3.28. The second kappa shape index (κ2) is 5.62. The van der Waals surface area contributed by atoms with Gasteiger partial charge in [0.05, 0.1) is 12.0 Å². The van der Waals surface area contributed by atoms with Crippen LogP contribution in [0, 0.1) is 0 Å². The maximum absolute atomic E-state index is 5.52. The van der Waals surface area contributed by atoms with Crippen molar-refractivity contribution in [1.29, 1.82) is 0 Å². The average molecular weight is 237 g/mol. The normalized spacial score (nSPS) is 23.1. The van der Waals surface area contributed by atoms with Crippen LogP contribution in [0.3, 0.4) is 0 Å². The molecule has 2 rings (SSSR count). The van der Waals surface area contributed by atoms with E-state index in [1.54, 1.807) is 0 Å². The monoisotopic (exact) mass is 237 g/mol. The summed E-state index contributed by atoms with van der Waals surface area (Å²) in [4.78, 5) is 9.30. The summed E-state index contributed by atoms with van der Waals surface area (Å²) in [5.41, 5.74) is 6.67. The molecule has 1 fully saturated rings. The number of nitrogens with two attached hydrogens (primary N) is 1. The van der Waals surface area contributed by atoms with Crippen LogP contribution in [0.15, 0.2) is 12.5 Å². The van der Waals surface area contributed by atoms with E-state index in [1.807, 2.05) is 6.33 Å². The van der Waals surface area contributed by atoms with Gasteiger partial charge in [-0.3, -0.25) is 4.90 Å². The molecule has 1 unspecified atom stereocenters. The molecule has 0 aromatic carbocycles. The van der Waals surface area contributed by atoms with Gasteiger partial charge in [0, 0.05) is 51.5 Å². The zero-order chi connectivity index (χ0) is 12.3. The third-order valence-electron chi connectivity index (χ3n) is 3.50. The Bertz CT molecular complexity index is 348. The summed E-state index contributed by atoms with van der Waals surface area (Å²) < 4.78 is 2.06. The molecule has 0 spiro atoms. The molecule has 1 aliphatic heterocycles. The first-order valence-electron chi connectivity index (χ1n) is 6.32. The maximum atomic E-state index is 5.52. The van der Waals surface area contributed by atoms with Gasteiger partial charge in [-0.05, 0) is 14.0 Å². The van der Waals surface area contributed by atoms with E-state index < -0.39 is 0 Å². The number of imidazole rings is 1. The number of aromatic nitrogens is 2. The Morgan fingerprint density at radius 3 is 3.00 bits per heavy atom. The van der Waals surface area contributed by atoms with E-state index in [4.69, 9.17) is 5.73 Å². The molecule has 1 atom stereocenters. The van der Waals surface area contributed by atoms with Crippen LogP contribution in [0.2, 0.25) is 0 Å². The fraction of sp³-hybridized carbons (Fsp3) is 0.750. The number of nitrogens with zero attached hydrogens (tertiary/aromatic N) is 4. The molecule has 0 aliphatic carbocycles. The zero-order valence-electron chi connectivity index (χ0n) is 10.8. The van der Waals surface area contributed by atoms with Crippen LogP contribution in [0.1, 0.15) is 12.6 Å². The molecule has 1 aliphatic rings. The Labute approximate surface area is 103 Å². The number of hydrogen-bond acceptors (Lipinski definition) is 4. The molecular weight excluding hydrogens is 214 g/mol. The second-order valence-corrected chi connectivity index (χ2v) is 4.96. The lowest BCUT2D eigenvalue weighted by Crippen LogP contribution is -2.49. The predicted molar refractivity (Wildman–Crippen MR) is 68.7 cm³/mol. The lowest BCUT2D eigenvalue weighted by Gasteiger charge is -2.37. The summed E-state index contributed by atoms with van der Waals surface area (Å²) in [7, 11) is 2.19. The molecule has 0 radical (unpaired) electrons. The topological polar surface area (TPSA) is 50.3 Å². The molecule has 1 saturated heterocycles. The summed E-state index contributed by atoms with van der Waals surface area (Å²) >= 11 is 0. The smallest absolute Gasteiger partial charge is 0.0950 e. The highest BCUT2D eigenvalue weighted by atomic mass is 15.3. The van der Waals surface area contributed by atoms with Gasteiger partial charge in [-0.2, -0.15) is 0 Å². The summed E-state index contributed by atoms with van der Waals surface area (Å²) in [5.74, 6) is 0. The fourth-order valence-corrected chi connectivity index (χ4v) is 2.26. The summed E-state index contributed by atoms with van der Waals surface area (Å²) in [6.45, 7) is 8.15. The zero-order valence-corrected chi connectivity index (χ0v) is 10.8. The Morgan fingerprint density at radius 1 is 1.47 bits per heavy atom. The Hall–Kier alpha value is -0.910. The molecule has 1 aromatic heterocycles. The molecule has 17 heavy (non-hydrogen) atoms. The highest BCUT2D eigenvalue weighted by Crippen LogP contribution is 2.10. The van der Waals surface area contributed by atoms with E-state index in [0.717, 1.165) is 38.4 Å². The standard InChI is InChI=1S/C12H23N5/c1-11-7-16(6-5-15(11)2)8-12-9-17(4-3-13)10-14-12/h9-11H,3-8,13H2,1-2H3. The fourth-order valence-electron chi connectivity index (χ4n) is 2.26. The number of piperazine rings is 1. The van der Waals surface area contributed by atoms with E-state index >= 15 is 0 Å². The van der Waals surface area contributed by atoms with Crippen LogP contribution in [0.25, 0.3) is 0 Å². The largest absolute Gasteiger partial charge is 0.336 e. The molecular formula is C12H23N5. The number of likely N-dealkylation sites (N-methyl/N-ethyl adjacent to an activating group) is 1. The minimum Gasteiger partial charge on any atom is -0.336 e. The quantitative estimate of drug-likeness (QED) is 0.799. The van der Waals surface area contributed by atoms with E-state index in [1.165, 1.54) is 0 Å². The van der Waals surface area contributed by atoms with Crippen molar-refractivity contribution < 1.29 is 0 Å². The van der Waals surface area contributed by atoms with Crippen LogP contribution in [0.5, 0.6) is 0 Å². The molecule has 96 valence electrons. The number of rotatable bonds is 4. The van der Waals surface area contributed by atoms with Gasteiger partial charge in [0.1, 0.15) is 0 Å². The van der Waals surface area contributed by atoms with Crippen molar-refractivity contribution in [3.05, 3.63) is 18.2 Å². The molecule has 5 nitrogen and oxygen atoms in total. The highest BCUT2D eigenvalue weighted by Gasteiger charge is 2.20. The Morgan fingerprint density at radius 2 is 2.29 bits per heavy atom. The maximum Gasteiger partial charge on any atom is 0.0950 e. The van der Waals surface area contributed by atoms with Crippen molar-refractivity contribution in [1.82, 2.24) is 19.4 Å². The molecule has 2 heterocycles. The molecule has 2 N–H and O–H groups in total. The van der Waals surface area contributed by atoms with Gasteiger partial charge in [-0.1, -0.05) is 0 Å². The molecule has 5 heteroatoms. The van der Waals surface area contributed by atoms with Crippen LogP contribution >= 0.6 is 0 Å². The van der Waals surface area contributed by atoms with Gasteiger partial charge in [0.2, 0.25) is 0 Å². The molecule has 0 saturated carbocycles. The van der Waals surface area contributed by atoms with Crippen molar-refractivity contribution >= 4 is 0 Å². The van der Waals surface area contributed by atoms with Gasteiger partial charge in [-0.25, -0.2) is 4.98 Å². The lowest BCUT2D eigenvalue weighted by atomic mass is 10.2. The SMILES string of the molecule is CC1CN(Cc2cn(CCN)cn2)CCN1C. The lowest BCUT2D eigenvalue weighted by molar-refractivity contribution is 0.0991. The minimum atomic E-state index is 0.634. The van der Waals surface area contributed by atoms with E-state index in [9.17, 15) is 0 Å². The van der Waals surface area contributed by atoms with Crippen molar-refractivity contribution in [3.63, 3.8) is 0 Å². The average Bonchev–Trinajstić information content (AvgIpc) is 2.72. The van der Waals surface area contributed by atoms with Crippen LogP contribution in [-0.4, -0.2) is 58.6 Å². The molecule has 0 bridgehead atoms. The van der Waals surface area contributed by atoms with E-state index in [0.29, 0.717) is 12.6 Å². The van der Waals surface area contributed by atoms with Crippen LogP contribution in [0.4, 0.5) is 0 Å². The second-order valence-electron chi connectivity index (χ2n) is 4.96.